The summed E-state index contributed by atoms with van der Waals surface area (Å²) in [5.74, 6) is 0.825. The molecule has 0 saturated carbocycles. The number of aromatic nitrogens is 3. The van der Waals surface area contributed by atoms with Crippen LogP contribution in [-0.2, 0) is 30.9 Å². The van der Waals surface area contributed by atoms with Crippen LogP contribution in [0.3, 0.4) is 0 Å². The molecule has 0 amide bonds. The minimum absolute atomic E-state index is 0. The van der Waals surface area contributed by atoms with Gasteiger partial charge in [-0.2, -0.15) is 0 Å². The van der Waals surface area contributed by atoms with Crippen molar-refractivity contribution in [2.75, 3.05) is 0 Å². The molecule has 10 aromatic rings. The van der Waals surface area contributed by atoms with Gasteiger partial charge < -0.3 is 14.0 Å². The molecule has 0 aliphatic carbocycles. The van der Waals surface area contributed by atoms with Crippen LogP contribution in [0.5, 0.6) is 0 Å². The predicted octanol–water partition coefficient (Wildman–Crippen LogP) is 17.9. The Kier molecular flexibility index (Phi) is 12.0. The van der Waals surface area contributed by atoms with Crippen molar-refractivity contribution in [1.82, 2.24) is 14.5 Å². The number of benzene rings is 7. The zero-order valence-electron chi connectivity index (χ0n) is 47.5. The third-order valence-electron chi connectivity index (χ3n) is 12.9. The first-order chi connectivity index (χ1) is 35.3. The van der Waals surface area contributed by atoms with Gasteiger partial charge in [-0.1, -0.05) is 177 Å². The van der Waals surface area contributed by atoms with Crippen molar-refractivity contribution in [3.05, 3.63) is 197 Å². The Labute approximate surface area is 435 Å². The van der Waals surface area contributed by atoms with Gasteiger partial charge >= 0.3 is 0 Å². The van der Waals surface area contributed by atoms with E-state index in [1.54, 1.807) is 12.1 Å². The van der Waals surface area contributed by atoms with Gasteiger partial charge in [-0.25, -0.2) is 0 Å². The molecular formula is C64H62FIrN3O-2. The molecule has 70 heavy (non-hydrogen) atoms. The van der Waals surface area contributed by atoms with E-state index in [1.807, 2.05) is 120 Å². The van der Waals surface area contributed by atoms with E-state index >= 15 is 0 Å². The van der Waals surface area contributed by atoms with Gasteiger partial charge in [0.25, 0.3) is 0 Å². The molecule has 10 rings (SSSR count). The molecule has 357 valence electrons. The second-order valence-corrected chi connectivity index (χ2v) is 20.6. The minimum Gasteiger partial charge on any atom is -0.500 e. The fourth-order valence-corrected chi connectivity index (χ4v) is 9.28. The molecule has 0 aliphatic rings. The summed E-state index contributed by atoms with van der Waals surface area (Å²) in [5, 5.41) is 1.58. The van der Waals surface area contributed by atoms with Gasteiger partial charge in [0.1, 0.15) is 5.58 Å². The number of pyridine rings is 1. The summed E-state index contributed by atoms with van der Waals surface area (Å²) in [6.45, 7) is 16.1. The van der Waals surface area contributed by atoms with E-state index in [2.05, 4.69) is 91.8 Å². The Balaban J connectivity index is 0.000000249. The number of fused-ring (bicyclic) bond motifs is 4. The molecule has 7 aromatic carbocycles. The predicted molar refractivity (Wildman–Crippen MR) is 287 cm³/mol. The van der Waals surface area contributed by atoms with Gasteiger partial charge in [0.15, 0.2) is 0 Å². The smallest absolute Gasteiger partial charge is 0.124 e. The van der Waals surface area contributed by atoms with Gasteiger partial charge in [-0.3, -0.25) is 9.37 Å². The Morgan fingerprint density at radius 1 is 0.657 bits per heavy atom. The van der Waals surface area contributed by atoms with Crippen LogP contribution >= 0.6 is 0 Å². The third kappa shape index (κ3) is 9.57. The topological polar surface area (TPSA) is 43.9 Å². The van der Waals surface area contributed by atoms with Gasteiger partial charge in [0, 0.05) is 51.4 Å². The molecule has 0 saturated heterocycles. The summed E-state index contributed by atoms with van der Waals surface area (Å²) in [7, 11) is 0. The normalized spacial score (nSPS) is 13.6. The average molecular weight is 1110 g/mol. The average Bonchev–Trinajstić information content (AvgIpc) is 4.00. The Bertz CT molecular complexity index is 3700. The van der Waals surface area contributed by atoms with Crippen molar-refractivity contribution in [3.63, 3.8) is 0 Å². The molecule has 3 heterocycles. The van der Waals surface area contributed by atoms with Crippen molar-refractivity contribution < 1.29 is 37.1 Å². The summed E-state index contributed by atoms with van der Waals surface area (Å²) in [5.41, 5.74) is 13.1. The molecule has 0 unspecified atom stereocenters. The van der Waals surface area contributed by atoms with Crippen molar-refractivity contribution in [1.29, 1.82) is 0 Å². The quantitative estimate of drug-likeness (QED) is 0.149. The third-order valence-corrected chi connectivity index (χ3v) is 12.9. The standard InChI is InChI=1S/C44H37N2O.C20H25FN.Ir/c1-27(2)37-25-32(30-15-8-6-9-16-30)26-38(28(3)4)41(37)46-40-22-13-12-21-39(40)45-44(46)36-20-14-19-34-35-24-23-33(31-17-10-7-11-18-31)29(5)42(35)47-43(34)36;1-13-12-22-18(11-15(13)19(2,3)4)14-8-9-17(21)16(10-14)20(5,6)7;/h6-19,21-28H,1-5H3;9-12H,1-7H3;/q2*-1;/i5D3;1D3;. The first-order valence-corrected chi connectivity index (χ1v) is 23.7. The number of rotatable bonds is 7. The monoisotopic (exact) mass is 1110 g/mol. The van der Waals surface area contributed by atoms with Crippen molar-refractivity contribution >= 4 is 33.0 Å². The fourth-order valence-electron chi connectivity index (χ4n) is 9.28. The van der Waals surface area contributed by atoms with E-state index in [4.69, 9.17) is 17.6 Å². The molecule has 4 nitrogen and oxygen atoms in total. The maximum atomic E-state index is 14.1. The maximum absolute atomic E-state index is 14.1. The Morgan fingerprint density at radius 2 is 1.29 bits per heavy atom. The molecule has 0 N–H and O–H groups in total. The van der Waals surface area contributed by atoms with Crippen molar-refractivity contribution in [3.8, 4) is 50.6 Å². The zero-order chi connectivity index (χ0) is 53.9. The van der Waals surface area contributed by atoms with Crippen LogP contribution in [0.4, 0.5) is 4.39 Å². The van der Waals surface area contributed by atoms with Crippen molar-refractivity contribution in [2.45, 2.75) is 106 Å². The van der Waals surface area contributed by atoms with E-state index in [-0.39, 0.29) is 59.7 Å². The van der Waals surface area contributed by atoms with Gasteiger partial charge in [-0.15, -0.1) is 42.0 Å². The maximum Gasteiger partial charge on any atom is 0.124 e. The van der Waals surface area contributed by atoms with Gasteiger partial charge in [-0.05, 0) is 116 Å². The molecule has 0 atom stereocenters. The first kappa shape index (κ1) is 42.4. The molecule has 0 spiro atoms. The van der Waals surface area contributed by atoms with Crippen LogP contribution in [0.2, 0.25) is 0 Å². The Hall–Kier alpha value is -6.46. The van der Waals surface area contributed by atoms with Gasteiger partial charge in [0.2, 0.25) is 0 Å². The van der Waals surface area contributed by atoms with Crippen molar-refractivity contribution in [2.24, 2.45) is 0 Å². The van der Waals surface area contributed by atoms with Crippen LogP contribution in [-0.4, -0.2) is 14.5 Å². The van der Waals surface area contributed by atoms with Crippen LogP contribution in [0, 0.1) is 31.7 Å². The van der Waals surface area contributed by atoms with E-state index in [1.165, 1.54) is 34.5 Å². The summed E-state index contributed by atoms with van der Waals surface area (Å²) in [6.07, 6.45) is 1.41. The fraction of sp³-hybridized carbons (Fsp3) is 0.250. The molecule has 0 aliphatic heterocycles. The Morgan fingerprint density at radius 3 is 1.91 bits per heavy atom. The van der Waals surface area contributed by atoms with Crippen LogP contribution in [0.15, 0.2) is 150 Å². The molecular weight excluding hydrogens is 1040 g/mol. The molecule has 0 bridgehead atoms. The summed E-state index contributed by atoms with van der Waals surface area (Å²) in [4.78, 5) is 9.59. The zero-order valence-corrected chi connectivity index (χ0v) is 43.9. The molecule has 0 fully saturated rings. The number of halogens is 1. The summed E-state index contributed by atoms with van der Waals surface area (Å²) in [6, 6.07) is 52.0. The van der Waals surface area contributed by atoms with Gasteiger partial charge in [0.05, 0.1) is 22.4 Å². The SMILES string of the molecule is [2H]C([2H])([2H])c1c(-c2ccccc2)ccc2c1oc1c(-c3nc4ccccc4n3-c3c(C(C)C)cc(-c4ccccc4)cc3C(C)C)[c-]ccc12.[2H]C([2H])([2H])c1cnc(-c2[c-]cc(F)c(C(C)(C)C)c2)cc1C(C)(C)C.[Ir]. The van der Waals surface area contributed by atoms with E-state index in [0.717, 1.165) is 33.1 Å². The first-order valence-electron chi connectivity index (χ1n) is 26.7. The number of aryl methyl sites for hydroxylation is 2. The number of para-hydroxylation sites is 2. The summed E-state index contributed by atoms with van der Waals surface area (Å²) < 4.78 is 72.2. The number of hydrogen-bond acceptors (Lipinski definition) is 3. The molecule has 6 heteroatoms. The molecule has 3 aromatic heterocycles. The summed E-state index contributed by atoms with van der Waals surface area (Å²) >= 11 is 0. The van der Waals surface area contributed by atoms with E-state index < -0.39 is 13.7 Å². The number of hydrogen-bond donors (Lipinski definition) is 0. The van der Waals surface area contributed by atoms with E-state index in [0.29, 0.717) is 50.5 Å². The van der Waals surface area contributed by atoms with Crippen LogP contribution in [0.1, 0.15) is 123 Å². The van der Waals surface area contributed by atoms with E-state index in [9.17, 15) is 4.39 Å². The molecule has 1 radical (unpaired) electrons. The number of nitrogens with zero attached hydrogens (tertiary/aromatic N) is 3. The number of furan rings is 1. The van der Waals surface area contributed by atoms with Crippen LogP contribution < -0.4 is 0 Å². The van der Waals surface area contributed by atoms with Crippen LogP contribution in [0.25, 0.3) is 83.6 Å². The second-order valence-electron chi connectivity index (χ2n) is 20.6. The second kappa shape index (κ2) is 19.7. The largest absolute Gasteiger partial charge is 0.500 e. The minimum atomic E-state index is -2.41. The number of imidazole rings is 1.